The molecule has 0 atom stereocenters. The Morgan fingerprint density at radius 1 is 0.786 bits per heavy atom. The largest absolute Gasteiger partial charge is 0.335 e. The molecule has 0 aliphatic heterocycles. The van der Waals surface area contributed by atoms with Crippen molar-refractivity contribution in [2.75, 3.05) is 28.2 Å². The number of primary sulfonamides is 2. The van der Waals surface area contributed by atoms with Crippen molar-refractivity contribution in [3.8, 4) is 0 Å². The molecule has 0 bridgehead atoms. The van der Waals surface area contributed by atoms with Crippen molar-refractivity contribution < 1.29 is 16.8 Å². The van der Waals surface area contributed by atoms with Crippen LogP contribution in [0.15, 0.2) is 22.4 Å². The van der Waals surface area contributed by atoms with Gasteiger partial charge in [-0.05, 0) is 28.2 Å². The van der Waals surface area contributed by atoms with Crippen molar-refractivity contribution in [1.29, 1.82) is 0 Å². The fraction of sp³-hybridized carbons (Fsp3) is 0.571. The highest BCUT2D eigenvalue weighted by Crippen LogP contribution is 2.08. The second kappa shape index (κ2) is 9.11. The topological polar surface area (TPSA) is 162 Å². The monoisotopic (exact) mass is 436 g/mol. The van der Waals surface area contributed by atoms with E-state index in [0.29, 0.717) is 24.7 Å². The van der Waals surface area contributed by atoms with Crippen LogP contribution in [0, 0.1) is 0 Å². The molecule has 0 saturated heterocycles. The van der Waals surface area contributed by atoms with E-state index in [9.17, 15) is 16.8 Å². The Hall–Kier alpha value is -1.84. The second-order valence-corrected chi connectivity index (χ2v) is 9.79. The van der Waals surface area contributed by atoms with Crippen LogP contribution in [0.1, 0.15) is 11.6 Å². The van der Waals surface area contributed by atoms with Gasteiger partial charge < -0.3 is 18.9 Å². The smallest absolute Gasteiger partial charge is 0.257 e. The molecule has 0 spiro atoms. The molecule has 160 valence electrons. The predicted octanol–water partition coefficient (Wildman–Crippen LogP) is -1.74. The first kappa shape index (κ1) is 24.2. The van der Waals surface area contributed by atoms with Gasteiger partial charge in [-0.25, -0.2) is 37.1 Å². The van der Waals surface area contributed by atoms with E-state index >= 15 is 0 Å². The lowest BCUT2D eigenvalue weighted by atomic mass is 10.5. The van der Waals surface area contributed by atoms with Crippen LogP contribution in [0.4, 0.5) is 0 Å². The van der Waals surface area contributed by atoms with Crippen molar-refractivity contribution in [1.82, 2.24) is 28.9 Å². The summed E-state index contributed by atoms with van der Waals surface area (Å²) in [5, 5.41) is 9.73. The number of aromatic nitrogens is 4. The molecular weight excluding hydrogens is 408 g/mol. The molecule has 0 saturated carbocycles. The highest BCUT2D eigenvalue weighted by atomic mass is 32.2. The fourth-order valence-electron chi connectivity index (χ4n) is 2.08. The number of hydrogen-bond acceptors (Lipinski definition) is 8. The van der Waals surface area contributed by atoms with Gasteiger partial charge in [-0.2, -0.15) is 0 Å². The maximum Gasteiger partial charge on any atom is 0.257 e. The summed E-state index contributed by atoms with van der Waals surface area (Å²) in [4.78, 5) is 11.7. The molecular formula is C14H28N8O4S2. The van der Waals surface area contributed by atoms with E-state index in [1.807, 2.05) is 38.0 Å². The molecule has 14 heteroatoms. The Bertz CT molecular complexity index is 924. The van der Waals surface area contributed by atoms with Crippen LogP contribution in [-0.2, 0) is 47.2 Å². The zero-order valence-corrected chi connectivity index (χ0v) is 18.5. The Morgan fingerprint density at radius 2 is 1.07 bits per heavy atom. The number of nitrogens with two attached hydrogens (primary N) is 2. The van der Waals surface area contributed by atoms with Gasteiger partial charge in [-0.15, -0.1) is 0 Å². The zero-order valence-electron chi connectivity index (χ0n) is 16.9. The summed E-state index contributed by atoms with van der Waals surface area (Å²) in [5.74, 6) is 1.33. The highest BCUT2D eigenvalue weighted by Gasteiger charge is 2.15. The fourth-order valence-corrected chi connectivity index (χ4v) is 3.16. The van der Waals surface area contributed by atoms with E-state index in [0.717, 1.165) is 0 Å². The molecule has 2 heterocycles. The third kappa shape index (κ3) is 7.29. The third-order valence-corrected chi connectivity index (χ3v) is 4.96. The molecule has 0 aliphatic rings. The Morgan fingerprint density at radius 3 is 1.25 bits per heavy atom. The normalized spacial score (nSPS) is 12.4. The molecule has 2 aromatic rings. The summed E-state index contributed by atoms with van der Waals surface area (Å²) in [6.45, 7) is 1.15. The van der Waals surface area contributed by atoms with Gasteiger partial charge in [0.15, 0.2) is 10.1 Å². The van der Waals surface area contributed by atoms with Crippen molar-refractivity contribution in [3.63, 3.8) is 0 Å². The Balaban J connectivity index is 0.000000280. The predicted molar refractivity (Wildman–Crippen MR) is 104 cm³/mol. The van der Waals surface area contributed by atoms with E-state index in [2.05, 4.69) is 9.97 Å². The first-order valence-electron chi connectivity index (χ1n) is 8.00. The van der Waals surface area contributed by atoms with E-state index in [1.165, 1.54) is 12.4 Å². The summed E-state index contributed by atoms with van der Waals surface area (Å²) in [6, 6.07) is 0. The molecule has 4 N–H and O–H groups in total. The lowest BCUT2D eigenvalue weighted by molar-refractivity contribution is 0.384. The van der Waals surface area contributed by atoms with Crippen molar-refractivity contribution >= 4 is 20.0 Å². The first-order valence-corrected chi connectivity index (χ1v) is 11.1. The average Bonchev–Trinajstić information content (AvgIpc) is 3.02. The molecule has 12 nitrogen and oxygen atoms in total. The molecule has 0 radical (unpaired) electrons. The molecule has 2 rings (SSSR count). The van der Waals surface area contributed by atoms with Crippen LogP contribution in [0.3, 0.4) is 0 Å². The van der Waals surface area contributed by atoms with Crippen LogP contribution < -0.4 is 10.3 Å². The molecule has 2 aromatic heterocycles. The SMILES string of the molecule is CN(C)Cc1nc(S(N)(=O)=O)cn1C.CN(C)Cc1nc(S(N)(=O)=O)cn1C. The van der Waals surface area contributed by atoms with E-state index in [1.54, 1.807) is 23.2 Å². The number of sulfonamides is 2. The zero-order chi connectivity index (χ0) is 21.9. The standard InChI is InChI=1S/2C7H14N4O2S/c2*1-10(2)4-6-9-7(5-11(6)3)14(8,12)13/h2*5H,4H2,1-3H3,(H2,8,12,13). The van der Waals surface area contributed by atoms with Crippen LogP contribution in [0.25, 0.3) is 0 Å². The Kier molecular flexibility index (Phi) is 7.87. The lowest BCUT2D eigenvalue weighted by Crippen LogP contribution is -2.15. The summed E-state index contributed by atoms with van der Waals surface area (Å²) < 4.78 is 47.2. The summed E-state index contributed by atoms with van der Waals surface area (Å²) >= 11 is 0. The average molecular weight is 437 g/mol. The van der Waals surface area contributed by atoms with Gasteiger partial charge in [-0.1, -0.05) is 0 Å². The minimum atomic E-state index is -3.69. The van der Waals surface area contributed by atoms with Crippen LogP contribution in [-0.4, -0.2) is 73.9 Å². The Labute approximate surface area is 165 Å². The minimum absolute atomic E-state index is 0.0862. The first-order chi connectivity index (χ1) is 12.6. The molecule has 0 unspecified atom stereocenters. The lowest BCUT2D eigenvalue weighted by Gasteiger charge is -2.07. The van der Waals surface area contributed by atoms with Crippen LogP contribution >= 0.6 is 0 Å². The number of imidazole rings is 2. The third-order valence-electron chi connectivity index (χ3n) is 3.40. The molecule has 0 fully saturated rings. The minimum Gasteiger partial charge on any atom is -0.335 e. The van der Waals surface area contributed by atoms with Gasteiger partial charge in [0.25, 0.3) is 20.0 Å². The van der Waals surface area contributed by atoms with Crippen LogP contribution in [0.2, 0.25) is 0 Å². The van der Waals surface area contributed by atoms with E-state index in [-0.39, 0.29) is 10.1 Å². The summed E-state index contributed by atoms with van der Waals surface area (Å²) in [5.41, 5.74) is 0. The summed E-state index contributed by atoms with van der Waals surface area (Å²) in [6.07, 6.45) is 2.82. The van der Waals surface area contributed by atoms with E-state index in [4.69, 9.17) is 10.3 Å². The van der Waals surface area contributed by atoms with E-state index < -0.39 is 20.0 Å². The van der Waals surface area contributed by atoms with Gasteiger partial charge in [0.05, 0.1) is 13.1 Å². The van der Waals surface area contributed by atoms with Gasteiger partial charge in [0.2, 0.25) is 0 Å². The van der Waals surface area contributed by atoms with Gasteiger partial charge >= 0.3 is 0 Å². The molecule has 0 aliphatic carbocycles. The number of rotatable bonds is 6. The second-order valence-electron chi connectivity index (χ2n) is 6.78. The maximum atomic E-state index is 11.0. The van der Waals surface area contributed by atoms with Crippen molar-refractivity contribution in [2.24, 2.45) is 24.4 Å². The quantitative estimate of drug-likeness (QED) is 0.539. The molecule has 28 heavy (non-hydrogen) atoms. The van der Waals surface area contributed by atoms with Crippen molar-refractivity contribution in [3.05, 3.63) is 24.0 Å². The van der Waals surface area contributed by atoms with Crippen LogP contribution in [0.5, 0.6) is 0 Å². The van der Waals surface area contributed by atoms with Crippen molar-refractivity contribution in [2.45, 2.75) is 23.1 Å². The maximum absolute atomic E-state index is 11.0. The number of aryl methyl sites for hydroxylation is 2. The van der Waals surface area contributed by atoms with Gasteiger partial charge in [-0.3, -0.25) is 0 Å². The van der Waals surface area contributed by atoms with Gasteiger partial charge in [0.1, 0.15) is 11.6 Å². The summed E-state index contributed by atoms with van der Waals surface area (Å²) in [7, 11) is 3.61. The van der Waals surface area contributed by atoms with Gasteiger partial charge in [0, 0.05) is 26.5 Å². The molecule has 0 amide bonds. The highest BCUT2D eigenvalue weighted by molar-refractivity contribution is 7.89. The molecule has 0 aromatic carbocycles. The number of hydrogen-bond donors (Lipinski definition) is 2. The number of nitrogens with zero attached hydrogens (tertiary/aromatic N) is 6.